The first-order valence-electron chi connectivity index (χ1n) is 8.60. The van der Waals surface area contributed by atoms with Crippen molar-refractivity contribution in [2.75, 3.05) is 6.54 Å². The molecule has 1 aromatic rings. The van der Waals surface area contributed by atoms with Gasteiger partial charge >= 0.3 is 0 Å². The molecule has 2 rings (SSSR count). The molecule has 24 heavy (non-hydrogen) atoms. The lowest BCUT2D eigenvalue weighted by molar-refractivity contribution is -0.115. The third kappa shape index (κ3) is 4.22. The van der Waals surface area contributed by atoms with Gasteiger partial charge in [0.05, 0.1) is 5.70 Å². The highest BCUT2D eigenvalue weighted by atomic mass is 16.1. The van der Waals surface area contributed by atoms with Crippen molar-refractivity contribution < 1.29 is 4.79 Å². The standard InChI is InChI=1S/C21H28N2O/c1-6-16(2)20(22-19-9-7-8-14-23(19)15-24)17-10-12-18(13-11-17)21(3,4)5/h6,10-13,15H,1,7-9,14H2,2-5H3/b20-16+,22-19-. The number of rotatable bonds is 4. The zero-order chi connectivity index (χ0) is 17.7. The summed E-state index contributed by atoms with van der Waals surface area (Å²) in [6, 6.07) is 8.54. The Morgan fingerprint density at radius 1 is 1.21 bits per heavy atom. The van der Waals surface area contributed by atoms with Crippen LogP contribution in [0.1, 0.15) is 58.1 Å². The molecule has 1 aliphatic rings. The van der Waals surface area contributed by atoms with Gasteiger partial charge in [0.25, 0.3) is 0 Å². The number of piperidine rings is 1. The Morgan fingerprint density at radius 3 is 2.42 bits per heavy atom. The molecule has 3 nitrogen and oxygen atoms in total. The number of likely N-dealkylation sites (tertiary alicyclic amines) is 1. The van der Waals surface area contributed by atoms with Crippen LogP contribution in [0, 0.1) is 0 Å². The van der Waals surface area contributed by atoms with Crippen LogP contribution in [0.3, 0.4) is 0 Å². The van der Waals surface area contributed by atoms with Gasteiger partial charge in [-0.3, -0.25) is 4.79 Å². The average Bonchev–Trinajstić information content (AvgIpc) is 2.58. The highest BCUT2D eigenvalue weighted by Gasteiger charge is 2.18. The summed E-state index contributed by atoms with van der Waals surface area (Å²) >= 11 is 0. The fourth-order valence-electron chi connectivity index (χ4n) is 2.81. The molecule has 1 fully saturated rings. The van der Waals surface area contributed by atoms with Crippen LogP contribution < -0.4 is 0 Å². The lowest BCUT2D eigenvalue weighted by atomic mass is 9.86. The molecule has 1 saturated heterocycles. The molecule has 3 heteroatoms. The molecule has 0 atom stereocenters. The van der Waals surface area contributed by atoms with Crippen LogP contribution in [0.4, 0.5) is 0 Å². The van der Waals surface area contributed by atoms with Crippen molar-refractivity contribution in [3.05, 3.63) is 53.6 Å². The first-order chi connectivity index (χ1) is 11.4. The Balaban J connectivity index is 2.43. The number of nitrogens with zero attached hydrogens (tertiary/aromatic N) is 2. The van der Waals surface area contributed by atoms with E-state index >= 15 is 0 Å². The van der Waals surface area contributed by atoms with Gasteiger partial charge in [-0.2, -0.15) is 0 Å². The van der Waals surface area contributed by atoms with Crippen LogP contribution in [0.15, 0.2) is 47.5 Å². The Bertz CT molecular complexity index is 660. The number of aliphatic imine (C=N–C) groups is 1. The Labute approximate surface area is 145 Å². The van der Waals surface area contributed by atoms with E-state index in [4.69, 9.17) is 4.99 Å². The van der Waals surface area contributed by atoms with E-state index in [1.54, 1.807) is 4.90 Å². The molecule has 1 aliphatic heterocycles. The third-order valence-electron chi connectivity index (χ3n) is 4.45. The van der Waals surface area contributed by atoms with Crippen molar-refractivity contribution in [1.82, 2.24) is 4.90 Å². The maximum atomic E-state index is 11.3. The largest absolute Gasteiger partial charge is 0.303 e. The molecule has 0 aliphatic carbocycles. The Kier molecular flexibility index (Phi) is 5.76. The molecule has 1 aromatic carbocycles. The van der Waals surface area contributed by atoms with Gasteiger partial charge in [0.1, 0.15) is 5.84 Å². The molecule has 128 valence electrons. The van der Waals surface area contributed by atoms with Gasteiger partial charge in [0, 0.05) is 18.5 Å². The minimum atomic E-state index is 0.124. The number of allylic oxidation sites excluding steroid dienone is 2. The lowest BCUT2D eigenvalue weighted by Crippen LogP contribution is -2.34. The second kappa shape index (κ2) is 7.61. The molecule has 0 spiro atoms. The summed E-state index contributed by atoms with van der Waals surface area (Å²) < 4.78 is 0. The number of carbonyl (C=O) groups excluding carboxylic acids is 1. The van der Waals surface area contributed by atoms with E-state index in [1.807, 2.05) is 13.0 Å². The SMILES string of the molecule is C=C/C(C)=C(/N=C1/CCCCN1C=O)c1ccc(C(C)(C)C)cc1. The minimum Gasteiger partial charge on any atom is -0.303 e. The monoisotopic (exact) mass is 324 g/mol. The number of hydrogen-bond donors (Lipinski definition) is 0. The van der Waals surface area contributed by atoms with Crippen LogP contribution >= 0.6 is 0 Å². The van der Waals surface area contributed by atoms with Gasteiger partial charge in [-0.1, -0.05) is 57.7 Å². The number of hydrogen-bond acceptors (Lipinski definition) is 2. The van der Waals surface area contributed by atoms with E-state index in [1.165, 1.54) is 5.56 Å². The molecule has 1 heterocycles. The van der Waals surface area contributed by atoms with Crippen molar-refractivity contribution in [3.63, 3.8) is 0 Å². The summed E-state index contributed by atoms with van der Waals surface area (Å²) in [6.07, 6.45) is 5.67. The number of amidine groups is 1. The highest BCUT2D eigenvalue weighted by Crippen LogP contribution is 2.27. The maximum absolute atomic E-state index is 11.3. The van der Waals surface area contributed by atoms with Crippen molar-refractivity contribution in [2.24, 2.45) is 4.99 Å². The van der Waals surface area contributed by atoms with Crippen LogP contribution in [0.5, 0.6) is 0 Å². The van der Waals surface area contributed by atoms with Gasteiger partial charge in [-0.25, -0.2) is 4.99 Å². The average molecular weight is 324 g/mol. The van der Waals surface area contributed by atoms with Crippen LogP contribution in [0.25, 0.3) is 5.70 Å². The summed E-state index contributed by atoms with van der Waals surface area (Å²) in [4.78, 5) is 17.9. The van der Waals surface area contributed by atoms with Crippen LogP contribution in [-0.2, 0) is 10.2 Å². The van der Waals surface area contributed by atoms with Gasteiger partial charge in [0.2, 0.25) is 6.41 Å². The van der Waals surface area contributed by atoms with E-state index in [2.05, 4.69) is 51.6 Å². The number of benzene rings is 1. The number of amides is 1. The predicted molar refractivity (Wildman–Crippen MR) is 102 cm³/mol. The molecule has 1 amide bonds. The Hall–Kier alpha value is -2.16. The predicted octanol–water partition coefficient (Wildman–Crippen LogP) is 4.94. The molecule has 0 aromatic heterocycles. The second-order valence-electron chi connectivity index (χ2n) is 7.35. The molecule has 0 N–H and O–H groups in total. The summed E-state index contributed by atoms with van der Waals surface area (Å²) in [5, 5.41) is 0. The number of carbonyl (C=O) groups is 1. The third-order valence-corrected chi connectivity index (χ3v) is 4.45. The van der Waals surface area contributed by atoms with Gasteiger partial charge in [0.15, 0.2) is 0 Å². The second-order valence-corrected chi connectivity index (χ2v) is 7.35. The first kappa shape index (κ1) is 18.2. The van der Waals surface area contributed by atoms with E-state index < -0.39 is 0 Å². The Morgan fingerprint density at radius 2 is 1.88 bits per heavy atom. The highest BCUT2D eigenvalue weighted by molar-refractivity contribution is 5.95. The lowest BCUT2D eigenvalue weighted by Gasteiger charge is -2.25. The van der Waals surface area contributed by atoms with Crippen molar-refractivity contribution in [1.29, 1.82) is 0 Å². The molecular formula is C21H28N2O. The zero-order valence-electron chi connectivity index (χ0n) is 15.3. The van der Waals surface area contributed by atoms with Crippen molar-refractivity contribution >= 4 is 17.9 Å². The molecule has 0 bridgehead atoms. The minimum absolute atomic E-state index is 0.124. The van der Waals surface area contributed by atoms with Gasteiger partial charge < -0.3 is 4.90 Å². The van der Waals surface area contributed by atoms with Gasteiger partial charge in [-0.15, -0.1) is 0 Å². The van der Waals surface area contributed by atoms with Crippen LogP contribution in [0.2, 0.25) is 0 Å². The molecule has 0 radical (unpaired) electrons. The normalized spacial score (nSPS) is 18.3. The fraction of sp³-hybridized carbons (Fsp3) is 0.429. The topological polar surface area (TPSA) is 32.7 Å². The molecular weight excluding hydrogens is 296 g/mol. The maximum Gasteiger partial charge on any atom is 0.215 e. The van der Waals surface area contributed by atoms with E-state index in [0.29, 0.717) is 0 Å². The quantitative estimate of drug-likeness (QED) is 0.570. The fourth-order valence-corrected chi connectivity index (χ4v) is 2.81. The summed E-state index contributed by atoms with van der Waals surface area (Å²) in [6.45, 7) is 13.3. The summed E-state index contributed by atoms with van der Waals surface area (Å²) in [5.74, 6) is 0.854. The molecule has 0 unspecified atom stereocenters. The summed E-state index contributed by atoms with van der Waals surface area (Å²) in [7, 11) is 0. The summed E-state index contributed by atoms with van der Waals surface area (Å²) in [5.41, 5.74) is 4.39. The zero-order valence-corrected chi connectivity index (χ0v) is 15.3. The smallest absolute Gasteiger partial charge is 0.215 e. The van der Waals surface area contributed by atoms with Crippen molar-refractivity contribution in [3.8, 4) is 0 Å². The molecule has 0 saturated carbocycles. The van der Waals surface area contributed by atoms with E-state index in [-0.39, 0.29) is 5.41 Å². The van der Waals surface area contributed by atoms with E-state index in [9.17, 15) is 4.79 Å². The van der Waals surface area contributed by atoms with Crippen molar-refractivity contribution in [2.45, 2.75) is 52.4 Å². The van der Waals surface area contributed by atoms with Crippen LogP contribution in [-0.4, -0.2) is 23.7 Å². The first-order valence-corrected chi connectivity index (χ1v) is 8.60. The van der Waals surface area contributed by atoms with Gasteiger partial charge in [-0.05, 0) is 36.3 Å². The van der Waals surface area contributed by atoms with E-state index in [0.717, 1.165) is 54.9 Å².